The van der Waals surface area contributed by atoms with Crippen LogP contribution in [0.1, 0.15) is 24.9 Å². The Morgan fingerprint density at radius 3 is 2.50 bits per heavy atom. The fourth-order valence-electron chi connectivity index (χ4n) is 2.29. The van der Waals surface area contributed by atoms with Crippen molar-refractivity contribution in [2.75, 3.05) is 11.6 Å². The zero-order chi connectivity index (χ0) is 17.5. The van der Waals surface area contributed by atoms with Crippen LogP contribution in [0, 0.1) is 0 Å². The summed E-state index contributed by atoms with van der Waals surface area (Å²) in [6.07, 6.45) is 2.12. The second-order valence-corrected chi connectivity index (χ2v) is 6.61. The average Bonchev–Trinajstić information content (AvgIpc) is 2.54. The minimum Gasteiger partial charge on any atom is -0.349 e. The van der Waals surface area contributed by atoms with Crippen LogP contribution in [0.25, 0.3) is 0 Å². The molecule has 0 aliphatic rings. The maximum absolute atomic E-state index is 12.3. The Hall–Kier alpha value is -1.98. The third-order valence-corrected chi connectivity index (χ3v) is 4.37. The molecule has 2 amide bonds. The molecule has 1 atom stereocenters. The number of benzene rings is 2. The summed E-state index contributed by atoms with van der Waals surface area (Å²) < 4.78 is 0. The normalized spacial score (nSPS) is 11.6. The Kier molecular flexibility index (Phi) is 6.70. The van der Waals surface area contributed by atoms with Crippen LogP contribution < -0.4 is 10.6 Å². The van der Waals surface area contributed by atoms with E-state index in [9.17, 15) is 9.59 Å². The van der Waals surface area contributed by atoms with Gasteiger partial charge in [-0.1, -0.05) is 29.8 Å². The first-order chi connectivity index (χ1) is 11.5. The number of rotatable bonds is 6. The van der Waals surface area contributed by atoms with E-state index in [2.05, 4.69) is 10.6 Å². The Labute approximate surface area is 151 Å². The van der Waals surface area contributed by atoms with E-state index in [0.29, 0.717) is 5.02 Å². The van der Waals surface area contributed by atoms with Crippen LogP contribution in [0.2, 0.25) is 5.02 Å². The van der Waals surface area contributed by atoms with Crippen LogP contribution in [-0.2, 0) is 9.59 Å². The van der Waals surface area contributed by atoms with Crippen molar-refractivity contribution in [3.05, 3.63) is 59.1 Å². The number of carbonyl (C=O) groups is 2. The summed E-state index contributed by atoms with van der Waals surface area (Å²) in [5, 5.41) is 6.29. The van der Waals surface area contributed by atoms with E-state index >= 15 is 0 Å². The third-order valence-electron chi connectivity index (χ3n) is 3.39. The predicted octanol–water partition coefficient (Wildman–Crippen LogP) is 4.27. The summed E-state index contributed by atoms with van der Waals surface area (Å²) >= 11 is 7.50. The maximum Gasteiger partial charge on any atom is 0.226 e. The van der Waals surface area contributed by atoms with E-state index in [1.165, 1.54) is 6.92 Å². The van der Waals surface area contributed by atoms with Gasteiger partial charge in [0, 0.05) is 22.5 Å². The molecule has 0 heterocycles. The first-order valence-electron chi connectivity index (χ1n) is 7.44. The molecule has 2 aromatic carbocycles. The van der Waals surface area contributed by atoms with Gasteiger partial charge >= 0.3 is 0 Å². The van der Waals surface area contributed by atoms with Crippen molar-refractivity contribution in [3.8, 4) is 0 Å². The molecule has 6 heteroatoms. The Bertz CT molecular complexity index is 719. The summed E-state index contributed by atoms with van der Waals surface area (Å²) in [5.41, 5.74) is 1.58. The van der Waals surface area contributed by atoms with Crippen molar-refractivity contribution in [2.45, 2.75) is 24.3 Å². The van der Waals surface area contributed by atoms with Crippen molar-refractivity contribution in [1.29, 1.82) is 0 Å². The Morgan fingerprint density at radius 2 is 1.88 bits per heavy atom. The number of amides is 2. The molecule has 0 aromatic heterocycles. The third kappa shape index (κ3) is 5.58. The fraction of sp³-hybridized carbons (Fsp3) is 0.222. The number of nitrogens with one attached hydrogen (secondary N) is 2. The van der Waals surface area contributed by atoms with Crippen molar-refractivity contribution in [2.24, 2.45) is 0 Å². The summed E-state index contributed by atoms with van der Waals surface area (Å²) in [4.78, 5) is 24.9. The molecule has 2 aromatic rings. The maximum atomic E-state index is 12.3. The molecule has 0 aliphatic heterocycles. The van der Waals surface area contributed by atoms with Crippen LogP contribution in [0.3, 0.4) is 0 Å². The van der Waals surface area contributed by atoms with E-state index in [1.807, 2.05) is 42.7 Å². The molecule has 126 valence electrons. The molecule has 0 saturated carbocycles. The van der Waals surface area contributed by atoms with Crippen LogP contribution >= 0.6 is 23.4 Å². The van der Waals surface area contributed by atoms with E-state index in [4.69, 9.17) is 11.6 Å². The molecule has 2 N–H and O–H groups in total. The molecule has 0 aliphatic carbocycles. The lowest BCUT2D eigenvalue weighted by Crippen LogP contribution is -2.29. The lowest BCUT2D eigenvalue weighted by Gasteiger charge is -2.18. The lowest BCUT2D eigenvalue weighted by atomic mass is 10.0. The predicted molar refractivity (Wildman–Crippen MR) is 99.5 cm³/mol. The van der Waals surface area contributed by atoms with E-state index in [1.54, 1.807) is 23.9 Å². The standard InChI is InChI=1S/C18H19ClN2O2S/c1-12(22)20-17(13-6-8-14(19)9-7-13)11-18(23)21-15-4-3-5-16(10-15)24-2/h3-10,17H,11H2,1-2H3,(H,20,22)(H,21,23). The molecule has 0 bridgehead atoms. The van der Waals surface area contributed by atoms with Gasteiger partial charge in [-0.05, 0) is 42.2 Å². The van der Waals surface area contributed by atoms with Crippen LogP contribution in [0.4, 0.5) is 5.69 Å². The summed E-state index contributed by atoms with van der Waals surface area (Å²) in [5.74, 6) is -0.353. The van der Waals surface area contributed by atoms with E-state index in [-0.39, 0.29) is 18.2 Å². The highest BCUT2D eigenvalue weighted by molar-refractivity contribution is 7.98. The van der Waals surface area contributed by atoms with Gasteiger partial charge in [-0.25, -0.2) is 0 Å². The molecule has 0 radical (unpaired) electrons. The molecule has 0 spiro atoms. The highest BCUT2D eigenvalue weighted by Gasteiger charge is 2.17. The zero-order valence-electron chi connectivity index (χ0n) is 13.5. The van der Waals surface area contributed by atoms with Gasteiger partial charge in [0.1, 0.15) is 0 Å². The van der Waals surface area contributed by atoms with Gasteiger partial charge in [0.2, 0.25) is 11.8 Å². The van der Waals surface area contributed by atoms with Crippen molar-refractivity contribution in [3.63, 3.8) is 0 Å². The molecule has 0 saturated heterocycles. The number of thioether (sulfide) groups is 1. The quantitative estimate of drug-likeness (QED) is 0.754. The van der Waals surface area contributed by atoms with E-state index < -0.39 is 6.04 Å². The fourth-order valence-corrected chi connectivity index (χ4v) is 2.88. The summed E-state index contributed by atoms with van der Waals surface area (Å²) in [7, 11) is 0. The molecular formula is C18H19ClN2O2S. The van der Waals surface area contributed by atoms with E-state index in [0.717, 1.165) is 16.1 Å². The molecule has 0 fully saturated rings. The first kappa shape index (κ1) is 18.4. The second kappa shape index (κ2) is 8.76. The van der Waals surface area contributed by atoms with Gasteiger partial charge < -0.3 is 10.6 Å². The molecule has 4 nitrogen and oxygen atoms in total. The van der Waals surface area contributed by atoms with Gasteiger partial charge in [-0.15, -0.1) is 11.8 Å². The number of hydrogen-bond acceptors (Lipinski definition) is 3. The Balaban J connectivity index is 2.08. The lowest BCUT2D eigenvalue weighted by molar-refractivity contribution is -0.120. The topological polar surface area (TPSA) is 58.2 Å². The van der Waals surface area contributed by atoms with Crippen molar-refractivity contribution in [1.82, 2.24) is 5.32 Å². The largest absolute Gasteiger partial charge is 0.349 e. The SMILES string of the molecule is CSc1cccc(NC(=O)CC(NC(C)=O)c2ccc(Cl)cc2)c1. The minimum absolute atomic E-state index is 0.144. The Morgan fingerprint density at radius 1 is 1.17 bits per heavy atom. The monoisotopic (exact) mass is 362 g/mol. The van der Waals surface area contributed by atoms with Gasteiger partial charge in [0.25, 0.3) is 0 Å². The number of carbonyl (C=O) groups excluding carboxylic acids is 2. The van der Waals surface area contributed by atoms with Gasteiger partial charge in [0.15, 0.2) is 0 Å². The van der Waals surface area contributed by atoms with Crippen LogP contribution in [-0.4, -0.2) is 18.1 Å². The number of halogens is 1. The molecule has 1 unspecified atom stereocenters. The molecule has 24 heavy (non-hydrogen) atoms. The smallest absolute Gasteiger partial charge is 0.226 e. The molecule has 2 rings (SSSR count). The van der Waals surface area contributed by atoms with Crippen molar-refractivity contribution < 1.29 is 9.59 Å². The minimum atomic E-state index is -0.400. The second-order valence-electron chi connectivity index (χ2n) is 5.29. The van der Waals surface area contributed by atoms with Gasteiger partial charge in [-0.2, -0.15) is 0 Å². The molecular weight excluding hydrogens is 344 g/mol. The highest BCUT2D eigenvalue weighted by atomic mass is 35.5. The number of anilines is 1. The highest BCUT2D eigenvalue weighted by Crippen LogP contribution is 2.22. The summed E-state index contributed by atoms with van der Waals surface area (Å²) in [6.45, 7) is 1.43. The van der Waals surface area contributed by atoms with Gasteiger partial charge in [0.05, 0.1) is 12.5 Å². The first-order valence-corrected chi connectivity index (χ1v) is 9.04. The zero-order valence-corrected chi connectivity index (χ0v) is 15.1. The van der Waals surface area contributed by atoms with Crippen LogP contribution in [0.15, 0.2) is 53.4 Å². The van der Waals surface area contributed by atoms with Gasteiger partial charge in [-0.3, -0.25) is 9.59 Å². The summed E-state index contributed by atoms with van der Waals surface area (Å²) in [6, 6.07) is 14.3. The van der Waals surface area contributed by atoms with Crippen molar-refractivity contribution >= 4 is 40.9 Å². The average molecular weight is 363 g/mol. The van der Waals surface area contributed by atoms with Crippen LogP contribution in [0.5, 0.6) is 0 Å². The number of hydrogen-bond donors (Lipinski definition) is 2.